The van der Waals surface area contributed by atoms with E-state index >= 15 is 0 Å². The van der Waals surface area contributed by atoms with E-state index in [0.717, 1.165) is 23.8 Å². The molecule has 0 aliphatic carbocycles. The van der Waals surface area contributed by atoms with Crippen LogP contribution in [-0.2, 0) is 17.5 Å². The number of benzene rings is 2. The molecule has 7 heteroatoms. The lowest BCUT2D eigenvalue weighted by Gasteiger charge is -2.10. The Morgan fingerprint density at radius 2 is 1.88 bits per heavy atom. The van der Waals surface area contributed by atoms with Gasteiger partial charge in [0.05, 0.1) is 11.1 Å². The van der Waals surface area contributed by atoms with Crippen molar-refractivity contribution in [1.29, 1.82) is 0 Å². The van der Waals surface area contributed by atoms with Gasteiger partial charge in [-0.05, 0) is 36.8 Å². The molecule has 26 heavy (non-hydrogen) atoms. The van der Waals surface area contributed by atoms with Crippen LogP contribution in [0.3, 0.4) is 0 Å². The van der Waals surface area contributed by atoms with Gasteiger partial charge in [-0.1, -0.05) is 18.2 Å². The molecule has 0 aliphatic heterocycles. The van der Waals surface area contributed by atoms with Crippen LogP contribution < -0.4 is 5.63 Å². The average Bonchev–Trinajstić information content (AvgIpc) is 2.58. The molecule has 0 unspecified atom stereocenters. The maximum absolute atomic E-state index is 12.7. The molecule has 1 aromatic heterocycles. The van der Waals surface area contributed by atoms with E-state index in [0.29, 0.717) is 16.5 Å². The van der Waals surface area contributed by atoms with E-state index in [2.05, 4.69) is 0 Å². The van der Waals surface area contributed by atoms with E-state index < -0.39 is 23.3 Å². The van der Waals surface area contributed by atoms with Gasteiger partial charge >= 0.3 is 17.8 Å². The van der Waals surface area contributed by atoms with Gasteiger partial charge in [0.2, 0.25) is 0 Å². The number of carbonyl (C=O) groups is 1. The molecule has 0 radical (unpaired) electrons. The molecule has 3 rings (SSSR count). The lowest BCUT2D eigenvalue weighted by molar-refractivity contribution is -0.137. The van der Waals surface area contributed by atoms with E-state index in [1.54, 1.807) is 18.2 Å². The number of aryl methyl sites for hydroxylation is 1. The topological polar surface area (TPSA) is 56.5 Å². The van der Waals surface area contributed by atoms with Crippen LogP contribution in [0, 0.1) is 6.92 Å². The summed E-state index contributed by atoms with van der Waals surface area (Å²) < 4.78 is 48.4. The van der Waals surface area contributed by atoms with Crippen LogP contribution in [0.15, 0.2) is 57.7 Å². The summed E-state index contributed by atoms with van der Waals surface area (Å²) in [7, 11) is 0. The summed E-state index contributed by atoms with van der Waals surface area (Å²) in [5, 5.41) is 0.590. The highest BCUT2D eigenvalue weighted by molar-refractivity contribution is 5.90. The fourth-order valence-electron chi connectivity index (χ4n) is 2.51. The van der Waals surface area contributed by atoms with Gasteiger partial charge in [-0.15, -0.1) is 0 Å². The van der Waals surface area contributed by atoms with Crippen molar-refractivity contribution in [2.75, 3.05) is 0 Å². The first-order chi connectivity index (χ1) is 12.2. The fourth-order valence-corrected chi connectivity index (χ4v) is 2.51. The van der Waals surface area contributed by atoms with Crippen LogP contribution in [0.1, 0.15) is 27.0 Å². The Labute approximate surface area is 145 Å². The van der Waals surface area contributed by atoms with Crippen LogP contribution in [-0.4, -0.2) is 5.97 Å². The molecule has 4 nitrogen and oxygen atoms in total. The maximum Gasteiger partial charge on any atom is 0.416 e. The van der Waals surface area contributed by atoms with Crippen molar-refractivity contribution < 1.29 is 27.1 Å². The molecular weight excluding hydrogens is 349 g/mol. The third-order valence-corrected chi connectivity index (χ3v) is 3.77. The number of carbonyl (C=O) groups excluding carboxylic acids is 1. The summed E-state index contributed by atoms with van der Waals surface area (Å²) in [5.74, 6) is -0.912. The van der Waals surface area contributed by atoms with Gasteiger partial charge in [0.25, 0.3) is 0 Å². The number of hydrogen-bond donors (Lipinski definition) is 0. The number of ether oxygens (including phenoxy) is 1. The van der Waals surface area contributed by atoms with Gasteiger partial charge in [0, 0.05) is 17.0 Å². The van der Waals surface area contributed by atoms with Gasteiger partial charge in [0.15, 0.2) is 0 Å². The largest absolute Gasteiger partial charge is 0.457 e. The monoisotopic (exact) mass is 362 g/mol. The summed E-state index contributed by atoms with van der Waals surface area (Å²) in [6.45, 7) is 1.57. The van der Waals surface area contributed by atoms with Crippen molar-refractivity contribution in [3.05, 3.63) is 81.2 Å². The minimum absolute atomic E-state index is 0.219. The molecule has 0 N–H and O–H groups in total. The Balaban J connectivity index is 1.85. The molecular formula is C19H13F3O4. The molecule has 0 saturated carbocycles. The number of halogens is 3. The third kappa shape index (κ3) is 3.77. The zero-order valence-electron chi connectivity index (χ0n) is 13.6. The Kier molecular flexibility index (Phi) is 4.54. The Morgan fingerprint density at radius 1 is 1.12 bits per heavy atom. The Bertz CT molecular complexity index is 1030. The van der Waals surface area contributed by atoms with Crippen molar-refractivity contribution in [3.8, 4) is 0 Å². The van der Waals surface area contributed by atoms with Crippen LogP contribution in [0.25, 0.3) is 11.0 Å². The lowest BCUT2D eigenvalue weighted by Crippen LogP contribution is -2.10. The summed E-state index contributed by atoms with van der Waals surface area (Å²) in [6.07, 6.45) is -4.55. The van der Waals surface area contributed by atoms with E-state index in [9.17, 15) is 22.8 Å². The maximum atomic E-state index is 12.7. The molecule has 0 atom stereocenters. The minimum atomic E-state index is -4.55. The first-order valence-electron chi connectivity index (χ1n) is 7.62. The molecule has 0 saturated heterocycles. The highest BCUT2D eigenvalue weighted by Crippen LogP contribution is 2.29. The van der Waals surface area contributed by atoms with Gasteiger partial charge < -0.3 is 9.15 Å². The standard InChI is InChI=1S/C19H13F3O4/c1-11-5-6-15-13(9-17(23)26-16(15)7-11)10-25-18(24)12-3-2-4-14(8-12)19(20,21)22/h2-9H,10H2,1H3. The van der Waals surface area contributed by atoms with Crippen molar-refractivity contribution in [1.82, 2.24) is 0 Å². The zero-order valence-corrected chi connectivity index (χ0v) is 13.6. The number of hydrogen-bond acceptors (Lipinski definition) is 4. The summed E-state index contributed by atoms with van der Waals surface area (Å²) in [5.41, 5.74) is -0.109. The highest BCUT2D eigenvalue weighted by Gasteiger charge is 2.31. The fraction of sp³-hybridized carbons (Fsp3) is 0.158. The molecule has 0 bridgehead atoms. The summed E-state index contributed by atoms with van der Waals surface area (Å²) in [4.78, 5) is 23.7. The normalized spacial score (nSPS) is 11.5. The van der Waals surface area contributed by atoms with E-state index in [-0.39, 0.29) is 12.2 Å². The predicted molar refractivity (Wildman–Crippen MR) is 87.8 cm³/mol. The molecule has 0 amide bonds. The predicted octanol–water partition coefficient (Wildman–Crippen LogP) is 4.48. The Morgan fingerprint density at radius 3 is 2.62 bits per heavy atom. The highest BCUT2D eigenvalue weighted by atomic mass is 19.4. The van der Waals surface area contributed by atoms with Crippen molar-refractivity contribution in [2.24, 2.45) is 0 Å². The van der Waals surface area contributed by atoms with Crippen molar-refractivity contribution in [3.63, 3.8) is 0 Å². The first-order valence-corrected chi connectivity index (χ1v) is 7.62. The number of rotatable bonds is 3. The molecule has 134 valence electrons. The Hall–Kier alpha value is -3.09. The van der Waals surface area contributed by atoms with Crippen molar-refractivity contribution >= 4 is 16.9 Å². The molecule has 0 spiro atoms. The second-order valence-electron chi connectivity index (χ2n) is 5.74. The van der Waals surface area contributed by atoms with Crippen LogP contribution in [0.4, 0.5) is 13.2 Å². The van der Waals surface area contributed by atoms with E-state index in [1.807, 2.05) is 6.92 Å². The number of alkyl halides is 3. The van der Waals surface area contributed by atoms with E-state index in [1.165, 1.54) is 12.1 Å². The molecule has 2 aromatic carbocycles. The first kappa shape index (κ1) is 17.7. The lowest BCUT2D eigenvalue weighted by atomic mass is 10.1. The summed E-state index contributed by atoms with van der Waals surface area (Å²) in [6, 6.07) is 10.4. The number of esters is 1. The second kappa shape index (κ2) is 6.67. The van der Waals surface area contributed by atoms with Gasteiger partial charge in [-0.3, -0.25) is 0 Å². The quantitative estimate of drug-likeness (QED) is 0.509. The SMILES string of the molecule is Cc1ccc2c(COC(=O)c3cccc(C(F)(F)F)c3)cc(=O)oc2c1. The summed E-state index contributed by atoms with van der Waals surface area (Å²) >= 11 is 0. The molecule has 1 heterocycles. The molecule has 0 fully saturated rings. The molecule has 0 aliphatic rings. The average molecular weight is 362 g/mol. The van der Waals surface area contributed by atoms with Crippen molar-refractivity contribution in [2.45, 2.75) is 19.7 Å². The number of fused-ring (bicyclic) bond motifs is 1. The zero-order chi connectivity index (χ0) is 18.9. The van der Waals surface area contributed by atoms with E-state index in [4.69, 9.17) is 9.15 Å². The van der Waals surface area contributed by atoms with Gasteiger partial charge in [-0.25, -0.2) is 9.59 Å². The van der Waals surface area contributed by atoms with Crippen LogP contribution in [0.2, 0.25) is 0 Å². The third-order valence-electron chi connectivity index (χ3n) is 3.77. The van der Waals surface area contributed by atoms with Gasteiger partial charge in [0.1, 0.15) is 12.2 Å². The van der Waals surface area contributed by atoms with Crippen LogP contribution >= 0.6 is 0 Å². The molecule has 3 aromatic rings. The minimum Gasteiger partial charge on any atom is -0.457 e. The smallest absolute Gasteiger partial charge is 0.416 e. The van der Waals surface area contributed by atoms with Gasteiger partial charge in [-0.2, -0.15) is 13.2 Å². The van der Waals surface area contributed by atoms with Crippen LogP contribution in [0.5, 0.6) is 0 Å². The second-order valence-corrected chi connectivity index (χ2v) is 5.74.